The van der Waals surface area contributed by atoms with Gasteiger partial charge in [-0.3, -0.25) is 4.79 Å². The lowest BCUT2D eigenvalue weighted by atomic mass is 10.1. The molecule has 0 heterocycles. The van der Waals surface area contributed by atoms with Crippen LogP contribution in [0.3, 0.4) is 0 Å². The normalized spacial score (nSPS) is 10.4. The summed E-state index contributed by atoms with van der Waals surface area (Å²) in [5.41, 5.74) is 3.48. The van der Waals surface area contributed by atoms with Crippen molar-refractivity contribution in [1.29, 1.82) is 0 Å². The average molecular weight is 418 g/mol. The lowest BCUT2D eigenvalue weighted by Gasteiger charge is -2.10. The Kier molecular flexibility index (Phi) is 4.89. The fourth-order valence-electron chi connectivity index (χ4n) is 1.89. The van der Waals surface area contributed by atoms with Crippen LogP contribution in [0.25, 0.3) is 0 Å². The Balaban J connectivity index is 2.28. The van der Waals surface area contributed by atoms with E-state index in [-0.39, 0.29) is 5.91 Å². The fourth-order valence-corrected chi connectivity index (χ4v) is 2.98. The SMILES string of the molecule is Cc1cc(NC(=O)c2ccc(Cl)cc2Br)cc(C)c1Br. The molecule has 20 heavy (non-hydrogen) atoms. The number of halogens is 3. The highest BCUT2D eigenvalue weighted by molar-refractivity contribution is 9.10. The first-order chi connectivity index (χ1) is 9.38. The first-order valence-corrected chi connectivity index (χ1v) is 7.88. The Bertz CT molecular complexity index is 663. The highest BCUT2D eigenvalue weighted by Crippen LogP contribution is 2.26. The van der Waals surface area contributed by atoms with Crippen molar-refractivity contribution in [3.63, 3.8) is 0 Å². The Morgan fingerprint density at radius 1 is 1.10 bits per heavy atom. The minimum absolute atomic E-state index is 0.172. The van der Waals surface area contributed by atoms with Gasteiger partial charge in [0.25, 0.3) is 5.91 Å². The molecule has 2 aromatic rings. The Morgan fingerprint density at radius 2 is 1.70 bits per heavy atom. The van der Waals surface area contributed by atoms with Gasteiger partial charge in [-0.1, -0.05) is 27.5 Å². The molecule has 0 aromatic heterocycles. The molecule has 2 aromatic carbocycles. The van der Waals surface area contributed by atoms with Crippen LogP contribution in [0.5, 0.6) is 0 Å². The molecular formula is C15H12Br2ClNO. The summed E-state index contributed by atoms with van der Waals surface area (Å²) >= 11 is 12.7. The lowest BCUT2D eigenvalue weighted by Crippen LogP contribution is -2.12. The van der Waals surface area contributed by atoms with Gasteiger partial charge >= 0.3 is 0 Å². The molecule has 0 bridgehead atoms. The van der Waals surface area contributed by atoms with Gasteiger partial charge in [0.2, 0.25) is 0 Å². The van der Waals surface area contributed by atoms with Gasteiger partial charge in [-0.2, -0.15) is 0 Å². The molecule has 0 unspecified atom stereocenters. The molecule has 0 saturated carbocycles. The van der Waals surface area contributed by atoms with Crippen LogP contribution in [-0.4, -0.2) is 5.91 Å². The first-order valence-electron chi connectivity index (χ1n) is 5.91. The Labute approximate surface area is 139 Å². The van der Waals surface area contributed by atoms with Crippen LogP contribution in [0.4, 0.5) is 5.69 Å². The second kappa shape index (κ2) is 6.29. The van der Waals surface area contributed by atoms with Crippen LogP contribution in [-0.2, 0) is 0 Å². The van der Waals surface area contributed by atoms with Crippen LogP contribution >= 0.6 is 43.5 Å². The maximum atomic E-state index is 12.3. The highest BCUT2D eigenvalue weighted by atomic mass is 79.9. The zero-order valence-corrected chi connectivity index (χ0v) is 14.9. The average Bonchev–Trinajstić information content (AvgIpc) is 2.35. The number of rotatable bonds is 2. The third kappa shape index (κ3) is 3.43. The summed E-state index contributed by atoms with van der Waals surface area (Å²) in [6, 6.07) is 8.95. The Morgan fingerprint density at radius 3 is 2.25 bits per heavy atom. The van der Waals surface area contributed by atoms with Crippen molar-refractivity contribution >= 4 is 55.1 Å². The standard InChI is InChI=1S/C15H12Br2ClNO/c1-8-5-11(6-9(2)14(8)17)19-15(20)12-4-3-10(18)7-13(12)16/h3-7H,1-2H3,(H,19,20). The summed E-state index contributed by atoms with van der Waals surface area (Å²) in [6.07, 6.45) is 0. The summed E-state index contributed by atoms with van der Waals surface area (Å²) in [5.74, 6) is -0.172. The summed E-state index contributed by atoms with van der Waals surface area (Å²) in [4.78, 5) is 12.3. The number of carbonyl (C=O) groups excluding carboxylic acids is 1. The number of hydrogen-bond donors (Lipinski definition) is 1. The molecule has 0 aliphatic heterocycles. The van der Waals surface area contributed by atoms with E-state index in [1.807, 2.05) is 26.0 Å². The Hall–Kier alpha value is -0.840. The quantitative estimate of drug-likeness (QED) is 0.664. The number of anilines is 1. The fraction of sp³-hybridized carbons (Fsp3) is 0.133. The minimum atomic E-state index is -0.172. The van der Waals surface area contributed by atoms with Crippen molar-refractivity contribution in [2.24, 2.45) is 0 Å². The zero-order valence-electron chi connectivity index (χ0n) is 10.9. The number of amides is 1. The second-order valence-corrected chi connectivity index (χ2v) is 6.59. The minimum Gasteiger partial charge on any atom is -0.322 e. The molecule has 0 aliphatic carbocycles. The molecule has 2 nitrogen and oxygen atoms in total. The second-order valence-electron chi connectivity index (χ2n) is 4.50. The number of hydrogen-bond acceptors (Lipinski definition) is 1. The van der Waals surface area contributed by atoms with Gasteiger partial charge in [-0.05, 0) is 71.2 Å². The van der Waals surface area contributed by atoms with E-state index in [9.17, 15) is 4.79 Å². The molecule has 2 rings (SSSR count). The van der Waals surface area contributed by atoms with Gasteiger partial charge in [0.05, 0.1) is 5.56 Å². The predicted octanol–water partition coefficient (Wildman–Crippen LogP) is 5.73. The summed E-state index contributed by atoms with van der Waals surface area (Å²) in [6.45, 7) is 3.98. The molecule has 1 N–H and O–H groups in total. The van der Waals surface area contributed by atoms with Crippen molar-refractivity contribution < 1.29 is 4.79 Å². The molecule has 0 fully saturated rings. The molecular weight excluding hydrogens is 405 g/mol. The van der Waals surface area contributed by atoms with Crippen molar-refractivity contribution in [3.05, 3.63) is 61.0 Å². The van der Waals surface area contributed by atoms with E-state index in [1.54, 1.807) is 18.2 Å². The zero-order chi connectivity index (χ0) is 14.9. The number of nitrogens with one attached hydrogen (secondary N) is 1. The van der Waals surface area contributed by atoms with E-state index in [4.69, 9.17) is 11.6 Å². The van der Waals surface area contributed by atoms with Crippen molar-refractivity contribution in [3.8, 4) is 0 Å². The number of aryl methyl sites for hydroxylation is 2. The van der Waals surface area contributed by atoms with Gasteiger partial charge in [-0.15, -0.1) is 0 Å². The monoisotopic (exact) mass is 415 g/mol. The van der Waals surface area contributed by atoms with Gasteiger partial charge < -0.3 is 5.32 Å². The molecule has 0 radical (unpaired) electrons. The van der Waals surface area contributed by atoms with E-state index in [0.717, 1.165) is 21.3 Å². The van der Waals surface area contributed by atoms with E-state index in [2.05, 4.69) is 37.2 Å². The van der Waals surface area contributed by atoms with Gasteiger partial charge in [0.1, 0.15) is 0 Å². The molecule has 0 aliphatic rings. The van der Waals surface area contributed by atoms with Crippen molar-refractivity contribution in [1.82, 2.24) is 0 Å². The maximum absolute atomic E-state index is 12.3. The third-order valence-electron chi connectivity index (χ3n) is 2.87. The van der Waals surface area contributed by atoms with Gasteiger partial charge in [-0.25, -0.2) is 0 Å². The smallest absolute Gasteiger partial charge is 0.256 e. The number of carbonyl (C=O) groups is 1. The molecule has 0 saturated heterocycles. The lowest BCUT2D eigenvalue weighted by molar-refractivity contribution is 0.102. The van der Waals surface area contributed by atoms with Crippen LogP contribution in [0.2, 0.25) is 5.02 Å². The van der Waals surface area contributed by atoms with Crippen LogP contribution in [0, 0.1) is 13.8 Å². The van der Waals surface area contributed by atoms with E-state index < -0.39 is 0 Å². The van der Waals surface area contributed by atoms with Gasteiger partial charge in [0, 0.05) is 19.7 Å². The molecule has 0 atom stereocenters. The predicted molar refractivity (Wildman–Crippen MR) is 90.7 cm³/mol. The van der Waals surface area contributed by atoms with Crippen LogP contribution < -0.4 is 5.32 Å². The van der Waals surface area contributed by atoms with E-state index in [1.165, 1.54) is 0 Å². The summed E-state index contributed by atoms with van der Waals surface area (Å²) in [5, 5.41) is 3.48. The molecule has 0 spiro atoms. The van der Waals surface area contributed by atoms with E-state index >= 15 is 0 Å². The van der Waals surface area contributed by atoms with E-state index in [0.29, 0.717) is 15.1 Å². The summed E-state index contributed by atoms with van der Waals surface area (Å²) in [7, 11) is 0. The largest absolute Gasteiger partial charge is 0.322 e. The maximum Gasteiger partial charge on any atom is 0.256 e. The van der Waals surface area contributed by atoms with Crippen LogP contribution in [0.1, 0.15) is 21.5 Å². The first kappa shape index (κ1) is 15.5. The van der Waals surface area contributed by atoms with Crippen LogP contribution in [0.15, 0.2) is 39.3 Å². The third-order valence-corrected chi connectivity index (χ3v) is 5.01. The van der Waals surface area contributed by atoms with Crippen molar-refractivity contribution in [2.45, 2.75) is 13.8 Å². The summed E-state index contributed by atoms with van der Waals surface area (Å²) < 4.78 is 1.73. The van der Waals surface area contributed by atoms with Gasteiger partial charge in [0.15, 0.2) is 0 Å². The van der Waals surface area contributed by atoms with Crippen molar-refractivity contribution in [2.75, 3.05) is 5.32 Å². The molecule has 5 heteroatoms. The molecule has 104 valence electrons. The number of benzene rings is 2. The topological polar surface area (TPSA) is 29.1 Å². The molecule has 1 amide bonds. The highest BCUT2D eigenvalue weighted by Gasteiger charge is 2.11.